The second-order valence-electron chi connectivity index (χ2n) is 6.26. The Bertz CT molecular complexity index is 983. The highest BCUT2D eigenvalue weighted by Gasteiger charge is 2.22. The number of hydrogen-bond acceptors (Lipinski definition) is 4. The van der Waals surface area contributed by atoms with E-state index in [0.29, 0.717) is 18.7 Å². The van der Waals surface area contributed by atoms with Crippen LogP contribution in [0.25, 0.3) is 0 Å². The van der Waals surface area contributed by atoms with Crippen molar-refractivity contribution in [2.24, 2.45) is 0 Å². The number of nitrogens with zero attached hydrogens (tertiary/aromatic N) is 2. The van der Waals surface area contributed by atoms with Crippen molar-refractivity contribution in [2.75, 3.05) is 13.1 Å². The predicted molar refractivity (Wildman–Crippen MR) is 104 cm³/mol. The molecule has 0 unspecified atom stereocenters. The molecule has 2 aromatic rings. The van der Waals surface area contributed by atoms with Crippen LogP contribution in [0.3, 0.4) is 0 Å². The fraction of sp³-hybridized carbons (Fsp3) is 0.368. The van der Waals surface area contributed by atoms with Crippen molar-refractivity contribution in [3.8, 4) is 0 Å². The van der Waals surface area contributed by atoms with E-state index in [1.807, 2.05) is 0 Å². The highest BCUT2D eigenvalue weighted by molar-refractivity contribution is 7.89. The molecule has 2 rings (SSSR count). The Hall–Kier alpha value is -2.52. The van der Waals surface area contributed by atoms with E-state index in [0.717, 1.165) is 10.6 Å². The summed E-state index contributed by atoms with van der Waals surface area (Å²) in [5, 5.41) is 2.71. The number of nitrogens with one attached hydrogen (secondary N) is 1. The Morgan fingerprint density at radius 2 is 1.75 bits per heavy atom. The summed E-state index contributed by atoms with van der Waals surface area (Å²) in [4.78, 5) is 24.3. The van der Waals surface area contributed by atoms with Crippen LogP contribution in [0, 0.1) is 5.82 Å². The van der Waals surface area contributed by atoms with Crippen molar-refractivity contribution in [1.82, 2.24) is 14.2 Å². The molecule has 0 aliphatic carbocycles. The third kappa shape index (κ3) is 5.05. The molecule has 9 heteroatoms. The molecule has 0 radical (unpaired) electrons. The fourth-order valence-corrected chi connectivity index (χ4v) is 4.25. The van der Waals surface area contributed by atoms with Gasteiger partial charge in [-0.05, 0) is 30.7 Å². The Morgan fingerprint density at radius 3 is 2.32 bits per heavy atom. The maximum absolute atomic E-state index is 13.0. The molecular weight excluding hydrogens is 385 g/mol. The molecule has 0 aliphatic rings. The number of hydrogen-bond donors (Lipinski definition) is 1. The standard InChI is InChI=1S/C19H24FN3O4S/c1-4-23(5-2)28(26,27)17-10-11-19(25)22(12-17)13-18(24)21-14(3)15-6-8-16(20)9-7-15/h6-12,14H,4-5,13H2,1-3H3,(H,21,24)/t14-/m1/s1. The lowest BCUT2D eigenvalue weighted by molar-refractivity contribution is -0.122. The van der Waals surface area contributed by atoms with Crippen LogP contribution in [0.15, 0.2) is 52.3 Å². The van der Waals surface area contributed by atoms with Gasteiger partial charge >= 0.3 is 0 Å². The van der Waals surface area contributed by atoms with Gasteiger partial charge in [0.05, 0.1) is 10.9 Å². The molecule has 1 heterocycles. The fourth-order valence-electron chi connectivity index (χ4n) is 2.77. The monoisotopic (exact) mass is 409 g/mol. The SMILES string of the molecule is CCN(CC)S(=O)(=O)c1ccc(=O)n(CC(=O)N[C@H](C)c2ccc(F)cc2)c1. The number of carbonyl (C=O) groups is 1. The van der Waals surface area contributed by atoms with Gasteiger partial charge in [0.1, 0.15) is 12.4 Å². The van der Waals surface area contributed by atoms with Crippen molar-refractivity contribution >= 4 is 15.9 Å². The third-order valence-corrected chi connectivity index (χ3v) is 6.39. The molecule has 1 N–H and O–H groups in total. The summed E-state index contributed by atoms with van der Waals surface area (Å²) in [6.07, 6.45) is 1.18. The Labute approximate surface area is 163 Å². The van der Waals surface area contributed by atoms with Crippen LogP contribution in [0.2, 0.25) is 0 Å². The lowest BCUT2D eigenvalue weighted by Crippen LogP contribution is -2.35. The molecule has 1 aromatic carbocycles. The molecule has 1 atom stereocenters. The molecule has 0 spiro atoms. The molecule has 1 aromatic heterocycles. The smallest absolute Gasteiger partial charge is 0.251 e. The van der Waals surface area contributed by atoms with Gasteiger partial charge in [-0.2, -0.15) is 4.31 Å². The van der Waals surface area contributed by atoms with E-state index in [2.05, 4.69) is 5.32 Å². The molecule has 7 nitrogen and oxygen atoms in total. The summed E-state index contributed by atoms with van der Waals surface area (Å²) >= 11 is 0. The number of amides is 1. The highest BCUT2D eigenvalue weighted by Crippen LogP contribution is 2.14. The zero-order chi connectivity index (χ0) is 20.9. The van der Waals surface area contributed by atoms with Crippen LogP contribution >= 0.6 is 0 Å². The van der Waals surface area contributed by atoms with E-state index in [1.54, 1.807) is 32.9 Å². The van der Waals surface area contributed by atoms with Crippen LogP contribution in [-0.2, 0) is 21.4 Å². The first-order valence-electron chi connectivity index (χ1n) is 8.94. The van der Waals surface area contributed by atoms with Gasteiger partial charge in [-0.1, -0.05) is 26.0 Å². The van der Waals surface area contributed by atoms with Crippen molar-refractivity contribution in [1.29, 1.82) is 0 Å². The number of rotatable bonds is 8. The summed E-state index contributed by atoms with van der Waals surface area (Å²) < 4.78 is 40.6. The van der Waals surface area contributed by atoms with Gasteiger partial charge < -0.3 is 9.88 Å². The van der Waals surface area contributed by atoms with Crippen LogP contribution in [0.5, 0.6) is 0 Å². The largest absolute Gasteiger partial charge is 0.348 e. The summed E-state index contributed by atoms with van der Waals surface area (Å²) in [6, 6.07) is 7.69. The number of halogens is 1. The summed E-state index contributed by atoms with van der Waals surface area (Å²) in [5.74, 6) is -0.837. The quantitative estimate of drug-likeness (QED) is 0.721. The Kier molecular flexibility index (Phi) is 7.09. The lowest BCUT2D eigenvalue weighted by Gasteiger charge is -2.19. The van der Waals surface area contributed by atoms with E-state index in [-0.39, 0.29) is 17.3 Å². The predicted octanol–water partition coefficient (Wildman–Crippen LogP) is 1.90. The number of carbonyl (C=O) groups excluding carboxylic acids is 1. The van der Waals surface area contributed by atoms with Gasteiger partial charge in [0.15, 0.2) is 0 Å². The molecule has 152 valence electrons. The molecule has 0 aliphatic heterocycles. The highest BCUT2D eigenvalue weighted by atomic mass is 32.2. The first-order chi connectivity index (χ1) is 13.2. The third-order valence-electron chi connectivity index (χ3n) is 4.36. The van der Waals surface area contributed by atoms with E-state index in [4.69, 9.17) is 0 Å². The first kappa shape index (κ1) is 21.8. The van der Waals surface area contributed by atoms with Crippen molar-refractivity contribution < 1.29 is 17.6 Å². The van der Waals surface area contributed by atoms with Crippen molar-refractivity contribution in [3.63, 3.8) is 0 Å². The van der Waals surface area contributed by atoms with Crippen molar-refractivity contribution in [3.05, 3.63) is 64.3 Å². The van der Waals surface area contributed by atoms with E-state index >= 15 is 0 Å². The van der Waals surface area contributed by atoms with Crippen LogP contribution in [-0.4, -0.2) is 36.3 Å². The molecule has 0 saturated carbocycles. The summed E-state index contributed by atoms with van der Waals surface area (Å²) in [7, 11) is -3.74. The molecule has 28 heavy (non-hydrogen) atoms. The van der Waals surface area contributed by atoms with Crippen LogP contribution in [0.4, 0.5) is 4.39 Å². The van der Waals surface area contributed by atoms with Gasteiger partial charge in [0, 0.05) is 25.4 Å². The number of benzene rings is 1. The summed E-state index contributed by atoms with van der Waals surface area (Å²) in [5.41, 5.74) is 0.225. The van der Waals surface area contributed by atoms with Gasteiger partial charge in [-0.3, -0.25) is 9.59 Å². The zero-order valence-electron chi connectivity index (χ0n) is 16.1. The molecule has 0 fully saturated rings. The van der Waals surface area contributed by atoms with Crippen LogP contribution in [0.1, 0.15) is 32.4 Å². The molecule has 1 amide bonds. The van der Waals surface area contributed by atoms with Gasteiger partial charge in [0.25, 0.3) is 5.56 Å². The number of aromatic nitrogens is 1. The average Bonchev–Trinajstić information content (AvgIpc) is 2.64. The van der Waals surface area contributed by atoms with Gasteiger partial charge in [-0.25, -0.2) is 12.8 Å². The van der Waals surface area contributed by atoms with E-state index < -0.39 is 27.5 Å². The minimum absolute atomic E-state index is 0.0461. The second kappa shape index (κ2) is 9.11. The summed E-state index contributed by atoms with van der Waals surface area (Å²) in [6.45, 7) is 5.45. The minimum Gasteiger partial charge on any atom is -0.348 e. The lowest BCUT2D eigenvalue weighted by atomic mass is 10.1. The minimum atomic E-state index is -3.74. The normalized spacial score (nSPS) is 12.8. The van der Waals surface area contributed by atoms with Crippen molar-refractivity contribution in [2.45, 2.75) is 38.3 Å². The first-order valence-corrected chi connectivity index (χ1v) is 10.4. The second-order valence-corrected chi connectivity index (χ2v) is 8.20. The number of sulfonamides is 1. The van der Waals surface area contributed by atoms with Crippen LogP contribution < -0.4 is 10.9 Å². The average molecular weight is 409 g/mol. The van der Waals surface area contributed by atoms with E-state index in [1.165, 1.54) is 28.7 Å². The van der Waals surface area contributed by atoms with Gasteiger partial charge in [-0.15, -0.1) is 0 Å². The zero-order valence-corrected chi connectivity index (χ0v) is 16.9. The Balaban J connectivity index is 2.18. The molecule has 0 saturated heterocycles. The van der Waals surface area contributed by atoms with E-state index in [9.17, 15) is 22.4 Å². The molecule has 0 bridgehead atoms. The number of pyridine rings is 1. The maximum Gasteiger partial charge on any atom is 0.251 e. The van der Waals surface area contributed by atoms with Gasteiger partial charge in [0.2, 0.25) is 15.9 Å². The Morgan fingerprint density at radius 1 is 1.14 bits per heavy atom. The maximum atomic E-state index is 13.0. The topological polar surface area (TPSA) is 88.5 Å². The molecular formula is C19H24FN3O4S.